The number of Topliss-reactive ketones (excluding diaryl/α,β-unsaturated/α-hetero) is 1. The molecule has 188 valence electrons. The molecule has 2 unspecified atom stereocenters. The fraction of sp³-hybridized carbons (Fsp3) is 0.233. The first kappa shape index (κ1) is 24.3. The number of amides is 1. The topological polar surface area (TPSA) is 89.5 Å². The zero-order valence-corrected chi connectivity index (χ0v) is 21.1. The van der Waals surface area contributed by atoms with Gasteiger partial charge in [-0.15, -0.1) is 0 Å². The molecular weight excluding hydrogens is 466 g/mol. The van der Waals surface area contributed by atoms with Crippen molar-refractivity contribution in [2.24, 2.45) is 0 Å². The van der Waals surface area contributed by atoms with Crippen LogP contribution in [0.25, 0.3) is 0 Å². The zero-order valence-electron chi connectivity index (χ0n) is 21.1. The lowest BCUT2D eigenvalue weighted by molar-refractivity contribution is -0.116. The molecule has 0 saturated heterocycles. The predicted molar refractivity (Wildman–Crippen MR) is 141 cm³/mol. The van der Waals surface area contributed by atoms with Crippen LogP contribution in [0, 0.1) is 0 Å². The highest BCUT2D eigenvalue weighted by molar-refractivity contribution is 6.10. The molecule has 0 fully saturated rings. The molecule has 5 rings (SSSR count). The van der Waals surface area contributed by atoms with Gasteiger partial charge >= 0.3 is 0 Å². The van der Waals surface area contributed by atoms with E-state index >= 15 is 0 Å². The van der Waals surface area contributed by atoms with Crippen molar-refractivity contribution in [3.8, 4) is 11.5 Å². The van der Waals surface area contributed by atoms with Crippen LogP contribution >= 0.6 is 0 Å². The molecule has 1 amide bonds. The van der Waals surface area contributed by atoms with Crippen molar-refractivity contribution in [1.29, 1.82) is 0 Å². The molecule has 1 aliphatic carbocycles. The molecule has 2 N–H and O–H groups in total. The molecule has 7 heteroatoms. The number of aromatic nitrogens is 1. The number of methoxy groups -OCH3 is 2. The minimum atomic E-state index is -0.623. The average Bonchev–Trinajstić information content (AvgIpc) is 2.92. The van der Waals surface area contributed by atoms with E-state index in [1.54, 1.807) is 44.8 Å². The summed E-state index contributed by atoms with van der Waals surface area (Å²) in [6.45, 7) is 1.87. The first-order valence-electron chi connectivity index (χ1n) is 12.2. The molecule has 2 aromatic carbocycles. The standard InChI is InChI=1S/C30H29N3O4/c1-18-26(30(35)33-21-11-8-14-31-17-21)27(22-12-7-13-25(36-2)29(22)37-3)28-23(32-18)15-20(16-24(28)34)19-9-5-4-6-10-19/h4-14,17,20,27,32H,15-16H2,1-3H3,(H,33,35). The maximum atomic E-state index is 13.8. The summed E-state index contributed by atoms with van der Waals surface area (Å²) in [6, 6.07) is 19.2. The van der Waals surface area contributed by atoms with Gasteiger partial charge < -0.3 is 20.1 Å². The second-order valence-electron chi connectivity index (χ2n) is 9.21. The number of benzene rings is 2. The van der Waals surface area contributed by atoms with Gasteiger partial charge in [-0.25, -0.2) is 0 Å². The molecular formula is C30H29N3O4. The number of ketones is 1. The van der Waals surface area contributed by atoms with Gasteiger partial charge in [-0.05, 0) is 43.0 Å². The Hall–Kier alpha value is -4.39. The van der Waals surface area contributed by atoms with Crippen molar-refractivity contribution in [1.82, 2.24) is 10.3 Å². The van der Waals surface area contributed by atoms with E-state index in [0.29, 0.717) is 52.4 Å². The van der Waals surface area contributed by atoms with Crippen LogP contribution in [0.5, 0.6) is 11.5 Å². The quantitative estimate of drug-likeness (QED) is 0.495. The van der Waals surface area contributed by atoms with Gasteiger partial charge in [0.2, 0.25) is 0 Å². The number of carbonyl (C=O) groups excluding carboxylic acids is 2. The highest BCUT2D eigenvalue weighted by Gasteiger charge is 2.42. The Bertz CT molecular complexity index is 1400. The zero-order chi connectivity index (χ0) is 25.9. The van der Waals surface area contributed by atoms with E-state index in [0.717, 1.165) is 11.3 Å². The normalized spacial score (nSPS) is 19.2. The highest BCUT2D eigenvalue weighted by atomic mass is 16.5. The lowest BCUT2D eigenvalue weighted by Gasteiger charge is -2.37. The van der Waals surface area contributed by atoms with Crippen LogP contribution in [-0.2, 0) is 9.59 Å². The summed E-state index contributed by atoms with van der Waals surface area (Å²) in [5.41, 5.74) is 5.00. The summed E-state index contributed by atoms with van der Waals surface area (Å²) < 4.78 is 11.3. The third-order valence-corrected chi connectivity index (χ3v) is 7.01. The first-order chi connectivity index (χ1) is 18.0. The second-order valence-corrected chi connectivity index (χ2v) is 9.21. The minimum absolute atomic E-state index is 0.0108. The summed E-state index contributed by atoms with van der Waals surface area (Å²) in [6.07, 6.45) is 4.27. The minimum Gasteiger partial charge on any atom is -0.493 e. The van der Waals surface area contributed by atoms with E-state index in [2.05, 4.69) is 27.8 Å². The number of ether oxygens (including phenoxy) is 2. The van der Waals surface area contributed by atoms with E-state index in [1.807, 2.05) is 37.3 Å². The van der Waals surface area contributed by atoms with E-state index in [-0.39, 0.29) is 17.6 Å². The first-order valence-corrected chi connectivity index (χ1v) is 12.2. The van der Waals surface area contributed by atoms with Gasteiger partial charge in [0.05, 0.1) is 32.0 Å². The average molecular weight is 496 g/mol. The van der Waals surface area contributed by atoms with Crippen LogP contribution in [0.3, 0.4) is 0 Å². The monoisotopic (exact) mass is 495 g/mol. The summed E-state index contributed by atoms with van der Waals surface area (Å²) in [7, 11) is 3.14. The number of allylic oxidation sites excluding steroid dienone is 3. The fourth-order valence-corrected chi connectivity index (χ4v) is 5.39. The van der Waals surface area contributed by atoms with Crippen molar-refractivity contribution in [2.45, 2.75) is 31.6 Å². The van der Waals surface area contributed by atoms with E-state index in [9.17, 15) is 9.59 Å². The number of pyridine rings is 1. The van der Waals surface area contributed by atoms with E-state index < -0.39 is 5.92 Å². The number of rotatable bonds is 6. The van der Waals surface area contributed by atoms with Gasteiger partial charge in [-0.2, -0.15) is 0 Å². The van der Waals surface area contributed by atoms with Crippen LogP contribution < -0.4 is 20.1 Å². The number of hydrogen-bond acceptors (Lipinski definition) is 6. The van der Waals surface area contributed by atoms with Crippen LogP contribution in [-0.4, -0.2) is 30.9 Å². The molecule has 37 heavy (non-hydrogen) atoms. The van der Waals surface area contributed by atoms with Crippen LogP contribution in [0.15, 0.2) is 95.6 Å². The summed E-state index contributed by atoms with van der Waals surface area (Å²) >= 11 is 0. The Labute approximate surface area is 216 Å². The van der Waals surface area contributed by atoms with Crippen LogP contribution in [0.1, 0.15) is 42.7 Å². The number of hydrogen-bond donors (Lipinski definition) is 2. The number of nitrogens with one attached hydrogen (secondary N) is 2. The number of nitrogens with zero attached hydrogens (tertiary/aromatic N) is 1. The van der Waals surface area contributed by atoms with Crippen molar-refractivity contribution < 1.29 is 19.1 Å². The number of dihydropyridines is 1. The summed E-state index contributed by atoms with van der Waals surface area (Å²) in [4.78, 5) is 31.7. The van der Waals surface area contributed by atoms with Gasteiger partial charge in [-0.1, -0.05) is 42.5 Å². The number of carbonyl (C=O) groups is 2. The van der Waals surface area contributed by atoms with Crippen LogP contribution in [0.2, 0.25) is 0 Å². The molecule has 2 aliphatic rings. The highest BCUT2D eigenvalue weighted by Crippen LogP contribution is 2.49. The van der Waals surface area contributed by atoms with E-state index in [1.165, 1.54) is 0 Å². The Morgan fingerprint density at radius 3 is 2.51 bits per heavy atom. The molecule has 0 spiro atoms. The van der Waals surface area contributed by atoms with Gasteiger partial charge in [0.1, 0.15) is 0 Å². The molecule has 2 heterocycles. The van der Waals surface area contributed by atoms with Crippen molar-refractivity contribution in [3.63, 3.8) is 0 Å². The molecule has 0 radical (unpaired) electrons. The molecule has 7 nitrogen and oxygen atoms in total. The largest absolute Gasteiger partial charge is 0.493 e. The van der Waals surface area contributed by atoms with Gasteiger partial charge in [0, 0.05) is 40.7 Å². The Kier molecular flexibility index (Phi) is 6.77. The second kappa shape index (κ2) is 10.3. The molecule has 1 aliphatic heterocycles. The molecule has 3 aromatic rings. The Morgan fingerprint density at radius 2 is 1.81 bits per heavy atom. The van der Waals surface area contributed by atoms with Gasteiger partial charge in [0.25, 0.3) is 5.91 Å². The molecule has 2 atom stereocenters. The van der Waals surface area contributed by atoms with Gasteiger partial charge in [0.15, 0.2) is 17.3 Å². The molecule has 1 aromatic heterocycles. The maximum absolute atomic E-state index is 13.8. The lowest BCUT2D eigenvalue weighted by atomic mass is 9.71. The van der Waals surface area contributed by atoms with Crippen molar-refractivity contribution in [2.75, 3.05) is 19.5 Å². The van der Waals surface area contributed by atoms with Crippen molar-refractivity contribution in [3.05, 3.63) is 107 Å². The van der Waals surface area contributed by atoms with Crippen LogP contribution in [0.4, 0.5) is 5.69 Å². The summed E-state index contributed by atoms with van der Waals surface area (Å²) in [5, 5.41) is 6.37. The molecule has 0 saturated carbocycles. The third kappa shape index (κ3) is 4.60. The smallest absolute Gasteiger partial charge is 0.254 e. The lowest BCUT2D eigenvalue weighted by Crippen LogP contribution is -2.37. The fourth-order valence-electron chi connectivity index (χ4n) is 5.39. The summed E-state index contributed by atoms with van der Waals surface area (Å²) in [5.74, 6) is 0.180. The Balaban J connectivity index is 1.63. The maximum Gasteiger partial charge on any atom is 0.254 e. The number of para-hydroxylation sites is 1. The SMILES string of the molecule is COc1cccc(C2C(C(=O)Nc3cccnc3)=C(C)NC3=C2C(=O)CC(c2ccccc2)C3)c1OC. The van der Waals surface area contributed by atoms with E-state index in [4.69, 9.17) is 9.47 Å². The molecule has 0 bridgehead atoms. The van der Waals surface area contributed by atoms with Crippen molar-refractivity contribution >= 4 is 17.4 Å². The predicted octanol–water partition coefficient (Wildman–Crippen LogP) is 5.10. The third-order valence-electron chi connectivity index (χ3n) is 7.01. The number of anilines is 1. The Morgan fingerprint density at radius 1 is 1.00 bits per heavy atom. The van der Waals surface area contributed by atoms with Gasteiger partial charge in [-0.3, -0.25) is 14.6 Å².